The van der Waals surface area contributed by atoms with Crippen molar-refractivity contribution < 1.29 is 4.42 Å². The molecule has 0 spiro atoms. The Morgan fingerprint density at radius 2 is 1.22 bits per heavy atom. The SMILES string of the molecule is [C-]#[N+]c1ccc2c(c1)c1c3sc4ccccc4c3ccc1n2-c1ccc2oc3ccc(-n4c5ccccc5c5cc(C#N)ccc54)cc3c2c1. The van der Waals surface area contributed by atoms with Crippen LogP contribution in [0.15, 0.2) is 138 Å². The molecule has 6 heteroatoms. The van der Waals surface area contributed by atoms with Gasteiger partial charge in [-0.1, -0.05) is 48.5 Å². The number of nitrogens with zero attached hydrogens (tertiary/aromatic N) is 4. The number of aromatic nitrogens is 2. The van der Waals surface area contributed by atoms with Crippen LogP contribution in [-0.2, 0) is 0 Å². The van der Waals surface area contributed by atoms with Crippen LogP contribution in [0.2, 0.25) is 0 Å². The summed E-state index contributed by atoms with van der Waals surface area (Å²) in [5.41, 5.74) is 9.29. The van der Waals surface area contributed by atoms with E-state index < -0.39 is 0 Å². The van der Waals surface area contributed by atoms with Crippen molar-refractivity contribution >= 4 is 103 Å². The number of thiophene rings is 1. The Morgan fingerprint density at radius 1 is 0.560 bits per heavy atom. The number of benzene rings is 7. The molecule has 0 bridgehead atoms. The third-order valence-electron chi connectivity index (χ3n) is 10.1. The Balaban J connectivity index is 1.18. The smallest absolute Gasteiger partial charge is 0.188 e. The predicted octanol–water partition coefficient (Wildman–Crippen LogP) is 12.6. The van der Waals surface area contributed by atoms with Crippen LogP contribution in [0.3, 0.4) is 0 Å². The zero-order valence-corrected chi connectivity index (χ0v) is 27.1. The summed E-state index contributed by atoms with van der Waals surface area (Å²) in [4.78, 5) is 3.79. The fourth-order valence-corrected chi connectivity index (χ4v) is 9.23. The molecular weight excluding hydrogens is 633 g/mol. The summed E-state index contributed by atoms with van der Waals surface area (Å²) >= 11 is 1.81. The normalized spacial score (nSPS) is 12.0. The van der Waals surface area contributed by atoms with Gasteiger partial charge in [0.1, 0.15) is 11.2 Å². The van der Waals surface area contributed by atoms with Crippen LogP contribution in [0.5, 0.6) is 0 Å². The Hall–Kier alpha value is -6.86. The molecule has 0 unspecified atom stereocenters. The first-order valence-electron chi connectivity index (χ1n) is 16.3. The summed E-state index contributed by atoms with van der Waals surface area (Å²) in [6.45, 7) is 7.77. The number of fused-ring (bicyclic) bond motifs is 13. The maximum absolute atomic E-state index is 9.62. The number of rotatable bonds is 2. The molecule has 0 atom stereocenters. The first-order chi connectivity index (χ1) is 24.7. The molecule has 0 N–H and O–H groups in total. The highest BCUT2D eigenvalue weighted by Gasteiger charge is 2.20. The van der Waals surface area contributed by atoms with E-state index in [1.54, 1.807) is 0 Å². The van der Waals surface area contributed by atoms with Gasteiger partial charge in [-0.2, -0.15) is 5.26 Å². The quantitative estimate of drug-likeness (QED) is 0.174. The van der Waals surface area contributed by atoms with Crippen LogP contribution in [0, 0.1) is 17.9 Å². The number of furan rings is 1. The molecule has 0 aliphatic heterocycles. The van der Waals surface area contributed by atoms with Crippen molar-refractivity contribution in [3.05, 3.63) is 150 Å². The van der Waals surface area contributed by atoms with Crippen LogP contribution in [0.4, 0.5) is 5.69 Å². The van der Waals surface area contributed by atoms with E-state index in [9.17, 15) is 5.26 Å². The molecule has 0 saturated carbocycles. The molecule has 0 radical (unpaired) electrons. The maximum atomic E-state index is 9.62. The summed E-state index contributed by atoms with van der Waals surface area (Å²) in [5.74, 6) is 0. The molecule has 0 amide bonds. The van der Waals surface area contributed by atoms with Gasteiger partial charge in [-0.3, -0.25) is 0 Å². The largest absolute Gasteiger partial charge is 0.456 e. The molecule has 50 heavy (non-hydrogen) atoms. The molecule has 0 fully saturated rings. The Morgan fingerprint density at radius 3 is 2.00 bits per heavy atom. The Kier molecular flexibility index (Phi) is 5.34. The van der Waals surface area contributed by atoms with Crippen LogP contribution >= 0.6 is 11.3 Å². The molecular formula is C44H22N4OS. The molecule has 0 aliphatic carbocycles. The Bertz CT molecular complexity index is 3360. The van der Waals surface area contributed by atoms with Crippen LogP contribution in [0.1, 0.15) is 5.56 Å². The van der Waals surface area contributed by atoms with Gasteiger partial charge in [-0.25, -0.2) is 4.85 Å². The Labute approximate surface area is 288 Å². The summed E-state index contributed by atoms with van der Waals surface area (Å²) in [5, 5.41) is 18.6. The highest BCUT2D eigenvalue weighted by atomic mass is 32.1. The second-order valence-electron chi connectivity index (χ2n) is 12.7. The molecule has 0 aliphatic rings. The third kappa shape index (κ3) is 3.58. The van der Waals surface area contributed by atoms with Crippen LogP contribution in [-0.4, -0.2) is 9.13 Å². The van der Waals surface area contributed by atoms with Crippen molar-refractivity contribution in [2.75, 3.05) is 0 Å². The maximum Gasteiger partial charge on any atom is 0.188 e. The van der Waals surface area contributed by atoms with Gasteiger partial charge in [0, 0.05) is 58.5 Å². The van der Waals surface area contributed by atoms with Gasteiger partial charge in [0.05, 0.1) is 40.3 Å². The lowest BCUT2D eigenvalue weighted by Gasteiger charge is -2.09. The number of para-hydroxylation sites is 1. The second-order valence-corrected chi connectivity index (χ2v) is 13.8. The number of hydrogen-bond acceptors (Lipinski definition) is 3. The average molecular weight is 655 g/mol. The van der Waals surface area contributed by atoms with Gasteiger partial charge >= 0.3 is 0 Å². The lowest BCUT2D eigenvalue weighted by Crippen LogP contribution is -1.94. The number of nitriles is 1. The fourth-order valence-electron chi connectivity index (χ4n) is 7.97. The topological polar surface area (TPSA) is 51.1 Å². The minimum Gasteiger partial charge on any atom is -0.456 e. The molecule has 230 valence electrons. The lowest BCUT2D eigenvalue weighted by atomic mass is 10.1. The molecule has 0 saturated heterocycles. The first kappa shape index (κ1) is 27.1. The molecule has 4 aromatic heterocycles. The van der Waals surface area contributed by atoms with Crippen molar-refractivity contribution in [1.82, 2.24) is 9.13 Å². The minimum atomic E-state index is 0.632. The average Bonchev–Trinajstić information content (AvgIpc) is 3.91. The van der Waals surface area contributed by atoms with Crippen LogP contribution < -0.4 is 0 Å². The zero-order chi connectivity index (χ0) is 33.1. The third-order valence-corrected chi connectivity index (χ3v) is 11.3. The lowest BCUT2D eigenvalue weighted by molar-refractivity contribution is 0.669. The van der Waals surface area contributed by atoms with Gasteiger partial charge in [-0.05, 0) is 90.3 Å². The van der Waals surface area contributed by atoms with Gasteiger partial charge < -0.3 is 13.6 Å². The van der Waals surface area contributed by atoms with E-state index >= 15 is 0 Å². The highest BCUT2D eigenvalue weighted by molar-refractivity contribution is 7.26. The van der Waals surface area contributed by atoms with Gasteiger partial charge in [0.15, 0.2) is 5.69 Å². The van der Waals surface area contributed by atoms with E-state index in [0.29, 0.717) is 11.3 Å². The predicted molar refractivity (Wildman–Crippen MR) is 206 cm³/mol. The number of hydrogen-bond donors (Lipinski definition) is 0. The van der Waals surface area contributed by atoms with Gasteiger partial charge in [0.2, 0.25) is 0 Å². The van der Waals surface area contributed by atoms with Crippen molar-refractivity contribution in [3.63, 3.8) is 0 Å². The molecule has 7 aromatic carbocycles. The summed E-state index contributed by atoms with van der Waals surface area (Å²) in [6.07, 6.45) is 0. The van der Waals surface area contributed by atoms with Gasteiger partial charge in [-0.15, -0.1) is 11.3 Å². The first-order valence-corrected chi connectivity index (χ1v) is 17.2. The molecule has 5 nitrogen and oxygen atoms in total. The van der Waals surface area contributed by atoms with Crippen LogP contribution in [0.25, 0.3) is 102 Å². The monoisotopic (exact) mass is 654 g/mol. The zero-order valence-electron chi connectivity index (χ0n) is 26.3. The second kappa shape index (κ2) is 9.84. The van der Waals surface area contributed by atoms with E-state index in [2.05, 4.69) is 117 Å². The van der Waals surface area contributed by atoms with Crippen molar-refractivity contribution in [2.24, 2.45) is 0 Å². The van der Waals surface area contributed by atoms with Crippen molar-refractivity contribution in [1.29, 1.82) is 5.26 Å². The van der Waals surface area contributed by atoms with Gasteiger partial charge in [0.25, 0.3) is 0 Å². The highest BCUT2D eigenvalue weighted by Crippen LogP contribution is 2.45. The molecule has 4 heterocycles. The minimum absolute atomic E-state index is 0.632. The van der Waals surface area contributed by atoms with E-state index in [4.69, 9.17) is 11.0 Å². The summed E-state index contributed by atoms with van der Waals surface area (Å²) < 4.78 is 13.5. The summed E-state index contributed by atoms with van der Waals surface area (Å²) in [6, 6.07) is 48.4. The van der Waals surface area contributed by atoms with E-state index in [1.807, 2.05) is 47.7 Å². The standard InChI is InChI=1S/C44H22N4OS/c1-46-26-11-16-38-35(21-26)43-39(17-14-31-30-7-3-5-9-42(30)50-44(31)43)48(38)28-13-19-41-34(23-28)33-22-27(12-18-40(33)49-41)47-36-8-4-2-6-29(36)32-20-25(24-45)10-15-37(32)47/h2-23H. The van der Waals surface area contributed by atoms with E-state index in [-0.39, 0.29) is 0 Å². The molecule has 11 aromatic rings. The molecule has 11 rings (SSSR count). The van der Waals surface area contributed by atoms with E-state index in [1.165, 1.54) is 25.6 Å². The fraction of sp³-hybridized carbons (Fsp3) is 0. The van der Waals surface area contributed by atoms with Crippen molar-refractivity contribution in [3.8, 4) is 17.4 Å². The summed E-state index contributed by atoms with van der Waals surface area (Å²) in [7, 11) is 0. The van der Waals surface area contributed by atoms with Crippen molar-refractivity contribution in [2.45, 2.75) is 0 Å². The van der Waals surface area contributed by atoms with E-state index in [0.717, 1.165) is 71.5 Å².